The number of hydrogen-bond donors (Lipinski definition) is 1. The van der Waals surface area contributed by atoms with Crippen molar-refractivity contribution in [3.63, 3.8) is 0 Å². The van der Waals surface area contributed by atoms with Gasteiger partial charge in [0.2, 0.25) is 0 Å². The first-order valence-electron chi connectivity index (χ1n) is 8.76. The first kappa shape index (κ1) is 13.7. The standard InChI is InChI=1S/C18H22N2O3/c21-14-7-12-3-4-13(8-14)20(12)18-19-16-6-5-15(9-17(16)23-18)22-10-11-1-2-11/h5-6,9,11-14,21H,1-4,7-8,10H2. The van der Waals surface area contributed by atoms with E-state index in [2.05, 4.69) is 9.88 Å². The topological polar surface area (TPSA) is 58.7 Å². The summed E-state index contributed by atoms with van der Waals surface area (Å²) < 4.78 is 11.9. The summed E-state index contributed by atoms with van der Waals surface area (Å²) in [6, 6.07) is 7.34. The van der Waals surface area contributed by atoms with E-state index in [9.17, 15) is 5.11 Å². The fourth-order valence-electron chi connectivity index (χ4n) is 4.05. The summed E-state index contributed by atoms with van der Waals surface area (Å²) in [6.07, 6.45) is 6.30. The summed E-state index contributed by atoms with van der Waals surface area (Å²) >= 11 is 0. The number of rotatable bonds is 4. The second-order valence-electron chi connectivity index (χ2n) is 7.30. The minimum Gasteiger partial charge on any atom is -0.493 e. The van der Waals surface area contributed by atoms with Gasteiger partial charge in [0.25, 0.3) is 6.01 Å². The lowest BCUT2D eigenvalue weighted by molar-refractivity contribution is 0.124. The number of hydrogen-bond acceptors (Lipinski definition) is 5. The SMILES string of the molecule is OC1CC2CCC(C1)N2c1nc2ccc(OCC3CC3)cc2o1. The van der Waals surface area contributed by atoms with Gasteiger partial charge in [-0.1, -0.05) is 0 Å². The van der Waals surface area contributed by atoms with Crippen LogP contribution in [0, 0.1) is 5.92 Å². The van der Waals surface area contributed by atoms with E-state index in [1.54, 1.807) is 0 Å². The van der Waals surface area contributed by atoms with Gasteiger partial charge in [-0.3, -0.25) is 0 Å². The van der Waals surface area contributed by atoms with Gasteiger partial charge in [-0.25, -0.2) is 0 Å². The fraction of sp³-hybridized carbons (Fsp3) is 0.611. The van der Waals surface area contributed by atoms with Crippen LogP contribution in [0.25, 0.3) is 11.1 Å². The first-order chi connectivity index (χ1) is 11.3. The van der Waals surface area contributed by atoms with Crippen LogP contribution >= 0.6 is 0 Å². The molecule has 3 aliphatic rings. The molecule has 2 unspecified atom stereocenters. The molecule has 2 bridgehead atoms. The van der Waals surface area contributed by atoms with Crippen LogP contribution in [-0.4, -0.2) is 34.9 Å². The van der Waals surface area contributed by atoms with Crippen molar-refractivity contribution in [2.75, 3.05) is 11.5 Å². The lowest BCUT2D eigenvalue weighted by Gasteiger charge is -2.35. The molecule has 2 aromatic rings. The van der Waals surface area contributed by atoms with Crippen LogP contribution in [0.4, 0.5) is 6.01 Å². The molecule has 0 spiro atoms. The number of ether oxygens (including phenoxy) is 1. The number of aliphatic hydroxyl groups excluding tert-OH is 1. The zero-order valence-electron chi connectivity index (χ0n) is 13.1. The molecule has 1 aromatic carbocycles. The molecule has 1 N–H and O–H groups in total. The van der Waals surface area contributed by atoms with E-state index in [0.717, 1.165) is 55.1 Å². The highest BCUT2D eigenvalue weighted by Gasteiger charge is 2.42. The van der Waals surface area contributed by atoms with E-state index in [0.29, 0.717) is 18.1 Å². The molecule has 5 heteroatoms. The van der Waals surface area contributed by atoms with Crippen LogP contribution in [0.1, 0.15) is 38.5 Å². The van der Waals surface area contributed by atoms with Crippen molar-refractivity contribution in [1.82, 2.24) is 4.98 Å². The average molecular weight is 314 g/mol. The van der Waals surface area contributed by atoms with Crippen LogP contribution in [0.3, 0.4) is 0 Å². The number of benzene rings is 1. The number of fused-ring (bicyclic) bond motifs is 3. The van der Waals surface area contributed by atoms with Crippen LogP contribution in [0.5, 0.6) is 5.75 Å². The van der Waals surface area contributed by atoms with Crippen molar-refractivity contribution >= 4 is 17.1 Å². The molecule has 5 rings (SSSR count). The molecule has 2 atom stereocenters. The Morgan fingerprint density at radius 3 is 2.70 bits per heavy atom. The Labute approximate surface area is 135 Å². The highest BCUT2D eigenvalue weighted by molar-refractivity contribution is 5.76. The molecule has 1 saturated carbocycles. The Bertz CT molecular complexity index is 710. The summed E-state index contributed by atoms with van der Waals surface area (Å²) in [7, 11) is 0. The number of nitrogens with zero attached hydrogens (tertiary/aromatic N) is 2. The fourth-order valence-corrected chi connectivity index (χ4v) is 4.05. The number of anilines is 1. The zero-order valence-corrected chi connectivity index (χ0v) is 13.1. The van der Waals surface area contributed by atoms with Gasteiger partial charge in [0, 0.05) is 18.2 Å². The van der Waals surface area contributed by atoms with E-state index in [-0.39, 0.29) is 6.10 Å². The maximum atomic E-state index is 9.95. The lowest BCUT2D eigenvalue weighted by atomic mass is 10.0. The smallest absolute Gasteiger partial charge is 0.298 e. The molecule has 3 fully saturated rings. The lowest BCUT2D eigenvalue weighted by Crippen LogP contribution is -2.44. The molecule has 23 heavy (non-hydrogen) atoms. The average Bonchev–Trinajstić information content (AvgIpc) is 3.21. The molecule has 122 valence electrons. The summed E-state index contributed by atoms with van der Waals surface area (Å²) in [5, 5.41) is 9.95. The van der Waals surface area contributed by atoms with Crippen molar-refractivity contribution in [3.05, 3.63) is 18.2 Å². The Hall–Kier alpha value is -1.75. The minimum atomic E-state index is -0.171. The van der Waals surface area contributed by atoms with Crippen molar-refractivity contribution < 1.29 is 14.3 Å². The first-order valence-corrected chi connectivity index (χ1v) is 8.76. The Morgan fingerprint density at radius 1 is 1.17 bits per heavy atom. The van der Waals surface area contributed by atoms with Gasteiger partial charge in [-0.15, -0.1) is 0 Å². The van der Waals surface area contributed by atoms with Crippen molar-refractivity contribution in [3.8, 4) is 5.75 Å². The third-order valence-electron chi connectivity index (χ3n) is 5.46. The van der Waals surface area contributed by atoms with Crippen molar-refractivity contribution in [1.29, 1.82) is 0 Å². The highest BCUT2D eigenvalue weighted by atomic mass is 16.5. The molecule has 2 aliphatic heterocycles. The minimum absolute atomic E-state index is 0.171. The third kappa shape index (κ3) is 2.47. The summed E-state index contributed by atoms with van der Waals surface area (Å²) in [5.41, 5.74) is 1.67. The van der Waals surface area contributed by atoms with Gasteiger partial charge in [0.15, 0.2) is 5.58 Å². The predicted molar refractivity (Wildman–Crippen MR) is 86.8 cm³/mol. The molecule has 1 aliphatic carbocycles. The largest absolute Gasteiger partial charge is 0.493 e. The van der Waals surface area contributed by atoms with Crippen LogP contribution in [0.15, 0.2) is 22.6 Å². The molecule has 5 nitrogen and oxygen atoms in total. The monoisotopic (exact) mass is 314 g/mol. The Balaban J connectivity index is 1.41. The van der Waals surface area contributed by atoms with Crippen LogP contribution < -0.4 is 9.64 Å². The van der Waals surface area contributed by atoms with Gasteiger partial charge < -0.3 is 19.2 Å². The number of oxazole rings is 1. The Morgan fingerprint density at radius 2 is 1.96 bits per heavy atom. The van der Waals surface area contributed by atoms with E-state index in [1.165, 1.54) is 12.8 Å². The van der Waals surface area contributed by atoms with Gasteiger partial charge >= 0.3 is 0 Å². The van der Waals surface area contributed by atoms with E-state index in [1.807, 2.05) is 18.2 Å². The molecular formula is C18H22N2O3. The Kier molecular flexibility index (Phi) is 3.05. The molecule has 0 amide bonds. The summed E-state index contributed by atoms with van der Waals surface area (Å²) in [6.45, 7) is 0.806. The molecule has 0 radical (unpaired) electrons. The number of piperidine rings is 1. The van der Waals surface area contributed by atoms with Crippen molar-refractivity contribution in [2.45, 2.75) is 56.7 Å². The highest BCUT2D eigenvalue weighted by Crippen LogP contribution is 2.40. The van der Waals surface area contributed by atoms with Crippen molar-refractivity contribution in [2.24, 2.45) is 5.92 Å². The van der Waals surface area contributed by atoms with E-state index < -0.39 is 0 Å². The number of aromatic nitrogens is 1. The summed E-state index contributed by atoms with van der Waals surface area (Å²) in [4.78, 5) is 6.96. The quantitative estimate of drug-likeness (QED) is 0.939. The maximum absolute atomic E-state index is 9.95. The molecule has 1 aromatic heterocycles. The summed E-state index contributed by atoms with van der Waals surface area (Å²) in [5.74, 6) is 1.61. The molecule has 2 saturated heterocycles. The van der Waals surface area contributed by atoms with E-state index in [4.69, 9.17) is 9.15 Å². The van der Waals surface area contributed by atoms with Gasteiger partial charge in [-0.05, 0) is 56.6 Å². The third-order valence-corrected chi connectivity index (χ3v) is 5.46. The molecular weight excluding hydrogens is 292 g/mol. The van der Waals surface area contributed by atoms with Gasteiger partial charge in [0.05, 0.1) is 12.7 Å². The van der Waals surface area contributed by atoms with Gasteiger partial charge in [0.1, 0.15) is 11.3 Å². The normalized spacial score (nSPS) is 30.1. The van der Waals surface area contributed by atoms with Gasteiger partial charge in [-0.2, -0.15) is 4.98 Å². The van der Waals surface area contributed by atoms with Crippen LogP contribution in [0.2, 0.25) is 0 Å². The second kappa shape index (κ2) is 5.13. The maximum Gasteiger partial charge on any atom is 0.298 e. The number of aliphatic hydroxyl groups is 1. The zero-order chi connectivity index (χ0) is 15.4. The predicted octanol–water partition coefficient (Wildman–Crippen LogP) is 3.11. The van der Waals surface area contributed by atoms with E-state index >= 15 is 0 Å². The second-order valence-corrected chi connectivity index (χ2v) is 7.30. The molecule has 3 heterocycles. The van der Waals surface area contributed by atoms with Crippen LogP contribution in [-0.2, 0) is 0 Å².